The van der Waals surface area contributed by atoms with Crippen molar-refractivity contribution in [2.75, 3.05) is 13.1 Å². The number of halogens is 1. The second-order valence-electron chi connectivity index (χ2n) is 3.92. The van der Waals surface area contributed by atoms with Crippen LogP contribution in [0.3, 0.4) is 0 Å². The summed E-state index contributed by atoms with van der Waals surface area (Å²) in [5.74, 6) is 0.226. The smallest absolute Gasteiger partial charge is 0.121 e. The van der Waals surface area contributed by atoms with Crippen molar-refractivity contribution in [3.05, 3.63) is 28.8 Å². The fourth-order valence-electron chi connectivity index (χ4n) is 1.88. The first kappa shape index (κ1) is 10.7. The first-order chi connectivity index (χ1) is 7.16. The minimum Gasteiger partial charge on any atom is -0.508 e. The van der Waals surface area contributed by atoms with Crippen LogP contribution in [-0.4, -0.2) is 34.3 Å². The standard InChI is InChI=1S/C11H14ClNO2/c12-10-2-1-3-11(15)9(10)7-13-5-4-8(14)6-13/h1-3,8,14-15H,4-7H2/t8-/m0/s1. The molecule has 0 amide bonds. The van der Waals surface area contributed by atoms with Gasteiger partial charge in [-0.25, -0.2) is 0 Å². The van der Waals surface area contributed by atoms with E-state index in [4.69, 9.17) is 11.6 Å². The van der Waals surface area contributed by atoms with Gasteiger partial charge in [0.05, 0.1) is 6.10 Å². The Kier molecular flexibility index (Phi) is 3.14. The van der Waals surface area contributed by atoms with E-state index in [-0.39, 0.29) is 11.9 Å². The van der Waals surface area contributed by atoms with E-state index in [1.54, 1.807) is 18.2 Å². The molecule has 0 radical (unpaired) electrons. The lowest BCUT2D eigenvalue weighted by molar-refractivity contribution is 0.174. The van der Waals surface area contributed by atoms with Gasteiger partial charge in [0, 0.05) is 30.2 Å². The number of hydrogen-bond acceptors (Lipinski definition) is 3. The van der Waals surface area contributed by atoms with Gasteiger partial charge in [0.15, 0.2) is 0 Å². The van der Waals surface area contributed by atoms with Crippen LogP contribution >= 0.6 is 11.6 Å². The summed E-state index contributed by atoms with van der Waals surface area (Å²) in [6.45, 7) is 2.11. The molecule has 1 aliphatic rings. The van der Waals surface area contributed by atoms with E-state index < -0.39 is 0 Å². The largest absolute Gasteiger partial charge is 0.508 e. The second kappa shape index (κ2) is 4.39. The Morgan fingerprint density at radius 2 is 2.27 bits per heavy atom. The Bertz CT molecular complexity index is 336. The van der Waals surface area contributed by atoms with Crippen LogP contribution in [0.25, 0.3) is 0 Å². The summed E-state index contributed by atoms with van der Waals surface area (Å²) >= 11 is 6.00. The van der Waals surface area contributed by atoms with Crippen LogP contribution in [0.5, 0.6) is 5.75 Å². The first-order valence-electron chi connectivity index (χ1n) is 5.03. The molecule has 0 saturated carbocycles. The molecule has 3 nitrogen and oxygen atoms in total. The number of aliphatic hydroxyl groups excluding tert-OH is 1. The summed E-state index contributed by atoms with van der Waals surface area (Å²) in [7, 11) is 0. The van der Waals surface area contributed by atoms with Crippen molar-refractivity contribution in [1.29, 1.82) is 0 Å². The Morgan fingerprint density at radius 1 is 1.47 bits per heavy atom. The maximum absolute atomic E-state index is 9.64. The summed E-state index contributed by atoms with van der Waals surface area (Å²) in [5, 5.41) is 19.6. The van der Waals surface area contributed by atoms with E-state index >= 15 is 0 Å². The number of β-amino-alcohol motifs (C(OH)–C–C–N with tert-alkyl or cyclic N) is 1. The predicted molar refractivity (Wildman–Crippen MR) is 59.0 cm³/mol. The van der Waals surface area contributed by atoms with E-state index in [9.17, 15) is 10.2 Å². The van der Waals surface area contributed by atoms with Gasteiger partial charge < -0.3 is 10.2 Å². The van der Waals surface area contributed by atoms with E-state index in [1.807, 2.05) is 0 Å². The molecule has 1 atom stereocenters. The molecule has 2 N–H and O–H groups in total. The average molecular weight is 228 g/mol. The quantitative estimate of drug-likeness (QED) is 0.807. The van der Waals surface area contributed by atoms with E-state index in [1.165, 1.54) is 0 Å². The predicted octanol–water partition coefficient (Wildman–Crippen LogP) is 1.61. The SMILES string of the molecule is Oc1cccc(Cl)c1CN1CC[C@H](O)C1. The number of aliphatic hydroxyl groups is 1. The molecule has 0 bridgehead atoms. The lowest BCUT2D eigenvalue weighted by atomic mass is 10.2. The molecule has 1 aliphatic heterocycles. The van der Waals surface area contributed by atoms with Gasteiger partial charge in [-0.05, 0) is 18.6 Å². The molecule has 82 valence electrons. The van der Waals surface area contributed by atoms with E-state index in [0.717, 1.165) is 18.5 Å². The van der Waals surface area contributed by atoms with Crippen molar-refractivity contribution in [1.82, 2.24) is 4.90 Å². The van der Waals surface area contributed by atoms with Gasteiger partial charge in [-0.15, -0.1) is 0 Å². The highest BCUT2D eigenvalue weighted by Crippen LogP contribution is 2.27. The molecule has 1 aromatic carbocycles. The van der Waals surface area contributed by atoms with E-state index in [0.29, 0.717) is 18.1 Å². The van der Waals surface area contributed by atoms with Gasteiger partial charge >= 0.3 is 0 Å². The lowest BCUT2D eigenvalue weighted by Gasteiger charge is -2.16. The highest BCUT2D eigenvalue weighted by atomic mass is 35.5. The van der Waals surface area contributed by atoms with Crippen molar-refractivity contribution < 1.29 is 10.2 Å². The van der Waals surface area contributed by atoms with Crippen molar-refractivity contribution in [2.24, 2.45) is 0 Å². The molecule has 0 unspecified atom stereocenters. The molecule has 4 heteroatoms. The summed E-state index contributed by atoms with van der Waals surface area (Å²) in [6.07, 6.45) is 0.556. The molecular weight excluding hydrogens is 214 g/mol. The molecule has 0 aliphatic carbocycles. The van der Waals surface area contributed by atoms with Crippen LogP contribution < -0.4 is 0 Å². The number of rotatable bonds is 2. The molecule has 0 aromatic heterocycles. The normalized spacial score (nSPS) is 22.1. The highest BCUT2D eigenvalue weighted by Gasteiger charge is 2.21. The number of aromatic hydroxyl groups is 1. The third-order valence-electron chi connectivity index (χ3n) is 2.72. The zero-order chi connectivity index (χ0) is 10.8. The van der Waals surface area contributed by atoms with Gasteiger partial charge in [-0.1, -0.05) is 17.7 Å². The van der Waals surface area contributed by atoms with Crippen LogP contribution in [0.1, 0.15) is 12.0 Å². The number of likely N-dealkylation sites (tertiary alicyclic amines) is 1. The zero-order valence-corrected chi connectivity index (χ0v) is 9.11. The Hall–Kier alpha value is -0.770. The average Bonchev–Trinajstić information content (AvgIpc) is 2.58. The van der Waals surface area contributed by atoms with Crippen molar-refractivity contribution in [2.45, 2.75) is 19.1 Å². The van der Waals surface area contributed by atoms with Gasteiger partial charge in [-0.3, -0.25) is 4.90 Å². The monoisotopic (exact) mass is 227 g/mol. The molecule has 1 heterocycles. The summed E-state index contributed by atoms with van der Waals surface area (Å²) < 4.78 is 0. The molecule has 1 fully saturated rings. The Morgan fingerprint density at radius 3 is 2.87 bits per heavy atom. The van der Waals surface area contributed by atoms with Crippen LogP contribution in [0.2, 0.25) is 5.02 Å². The zero-order valence-electron chi connectivity index (χ0n) is 8.36. The maximum atomic E-state index is 9.64. The van der Waals surface area contributed by atoms with E-state index in [2.05, 4.69) is 4.90 Å². The molecule has 1 saturated heterocycles. The molecule has 1 aromatic rings. The van der Waals surface area contributed by atoms with Crippen molar-refractivity contribution in [3.8, 4) is 5.75 Å². The lowest BCUT2D eigenvalue weighted by Crippen LogP contribution is -2.21. The van der Waals surface area contributed by atoms with Crippen LogP contribution in [0.4, 0.5) is 0 Å². The van der Waals surface area contributed by atoms with Crippen molar-refractivity contribution in [3.63, 3.8) is 0 Å². The van der Waals surface area contributed by atoms with Gasteiger partial charge in [0.25, 0.3) is 0 Å². The number of nitrogens with zero attached hydrogens (tertiary/aromatic N) is 1. The summed E-state index contributed by atoms with van der Waals surface area (Å²) in [6, 6.07) is 5.12. The van der Waals surface area contributed by atoms with Crippen molar-refractivity contribution >= 4 is 11.6 Å². The fourth-order valence-corrected chi connectivity index (χ4v) is 2.11. The summed E-state index contributed by atoms with van der Waals surface area (Å²) in [4.78, 5) is 2.09. The fraction of sp³-hybridized carbons (Fsp3) is 0.455. The molecule has 0 spiro atoms. The van der Waals surface area contributed by atoms with Gasteiger partial charge in [-0.2, -0.15) is 0 Å². The minimum absolute atomic E-state index is 0.226. The summed E-state index contributed by atoms with van der Waals surface area (Å²) in [5.41, 5.74) is 0.744. The van der Waals surface area contributed by atoms with Crippen LogP contribution in [-0.2, 0) is 6.54 Å². The maximum Gasteiger partial charge on any atom is 0.121 e. The highest BCUT2D eigenvalue weighted by molar-refractivity contribution is 6.31. The van der Waals surface area contributed by atoms with Crippen LogP contribution in [0.15, 0.2) is 18.2 Å². The minimum atomic E-state index is -0.241. The first-order valence-corrected chi connectivity index (χ1v) is 5.41. The topological polar surface area (TPSA) is 43.7 Å². The third kappa shape index (κ3) is 2.43. The molecule has 15 heavy (non-hydrogen) atoms. The Balaban J connectivity index is 2.10. The Labute approximate surface area is 93.9 Å². The third-order valence-corrected chi connectivity index (χ3v) is 3.08. The van der Waals surface area contributed by atoms with Crippen LogP contribution in [0, 0.1) is 0 Å². The number of hydrogen-bond donors (Lipinski definition) is 2. The van der Waals surface area contributed by atoms with Gasteiger partial charge in [0.2, 0.25) is 0 Å². The number of phenols is 1. The molecule has 2 rings (SSSR count). The number of benzene rings is 1. The van der Waals surface area contributed by atoms with Gasteiger partial charge in [0.1, 0.15) is 5.75 Å². The number of phenolic OH excluding ortho intramolecular Hbond substituents is 1. The molecular formula is C11H14ClNO2. The second-order valence-corrected chi connectivity index (χ2v) is 4.32.